The fraction of sp³-hybridized carbons (Fsp3) is 0.333. The van der Waals surface area contributed by atoms with Crippen LogP contribution in [0.2, 0.25) is 0 Å². The zero-order valence-electron chi connectivity index (χ0n) is 19.1. The van der Waals surface area contributed by atoms with Crippen LogP contribution in [0.4, 0.5) is 5.82 Å². The number of aromatic nitrogens is 3. The number of nitrogens with zero attached hydrogens (tertiary/aromatic N) is 5. The number of hydrogen-bond acceptors (Lipinski definition) is 7. The molecule has 4 rings (SSSR count). The first kappa shape index (κ1) is 24.8. The van der Waals surface area contributed by atoms with Crippen LogP contribution >= 0.6 is 23.2 Å². The standard InChI is InChI=1S/C24H24Cl2N6O3/c1-35-17-6-2-4-15(10-17)19(33)13-31-14-29-21-18(11-27)23(30-8-3-5-16(28)12-30)32(9-7-20(25)26)22(21)24(31)34/h2,4,6-7,10,14,16H,3,5,8-9,12-13,28H2,1H3. The molecule has 2 N–H and O–H groups in total. The summed E-state index contributed by atoms with van der Waals surface area (Å²) in [6, 6.07) is 8.85. The summed E-state index contributed by atoms with van der Waals surface area (Å²) in [4.78, 5) is 32.9. The maximum atomic E-state index is 13.6. The summed E-state index contributed by atoms with van der Waals surface area (Å²) < 4.78 is 8.13. The predicted molar refractivity (Wildman–Crippen MR) is 135 cm³/mol. The number of Topliss-reactive ketones (excluding diaryl/α,β-unsaturated/α-hetero) is 1. The van der Waals surface area contributed by atoms with Crippen LogP contribution in [-0.4, -0.2) is 46.1 Å². The average Bonchev–Trinajstić information content (AvgIpc) is 3.18. The van der Waals surface area contributed by atoms with Crippen LogP contribution in [0.5, 0.6) is 5.75 Å². The first-order chi connectivity index (χ1) is 16.8. The SMILES string of the molecule is COc1cccc(C(=O)Cn2cnc3c(C#N)c(N4CCCC(N)C4)n(CC=C(Cl)Cl)c3c2=O)c1. The van der Waals surface area contributed by atoms with E-state index in [1.54, 1.807) is 28.8 Å². The monoisotopic (exact) mass is 514 g/mol. The second kappa shape index (κ2) is 10.5. The molecule has 1 unspecified atom stereocenters. The van der Waals surface area contributed by atoms with E-state index in [9.17, 15) is 14.9 Å². The fourth-order valence-electron chi connectivity index (χ4n) is 4.38. The van der Waals surface area contributed by atoms with Gasteiger partial charge in [0.15, 0.2) is 5.78 Å². The molecular formula is C24H24Cl2N6O3. The molecule has 0 radical (unpaired) electrons. The molecular weight excluding hydrogens is 491 g/mol. The lowest BCUT2D eigenvalue weighted by Gasteiger charge is -2.33. The zero-order chi connectivity index (χ0) is 25.1. The fourth-order valence-corrected chi connectivity index (χ4v) is 4.52. The Morgan fingerprint density at radius 3 is 2.89 bits per heavy atom. The van der Waals surface area contributed by atoms with Crippen LogP contribution in [-0.2, 0) is 13.1 Å². The van der Waals surface area contributed by atoms with Crippen molar-refractivity contribution in [2.75, 3.05) is 25.1 Å². The van der Waals surface area contributed by atoms with Crippen LogP contribution in [0.15, 0.2) is 46.0 Å². The minimum Gasteiger partial charge on any atom is -0.497 e. The molecule has 9 nitrogen and oxygen atoms in total. The minimum absolute atomic E-state index is 0.0315. The number of piperidine rings is 1. The molecule has 1 saturated heterocycles. The van der Waals surface area contributed by atoms with Crippen molar-refractivity contribution in [3.63, 3.8) is 0 Å². The van der Waals surface area contributed by atoms with Crippen molar-refractivity contribution in [1.82, 2.24) is 14.1 Å². The van der Waals surface area contributed by atoms with E-state index >= 15 is 0 Å². The summed E-state index contributed by atoms with van der Waals surface area (Å²) in [7, 11) is 1.52. The number of benzene rings is 1. The largest absolute Gasteiger partial charge is 0.497 e. The third-order valence-corrected chi connectivity index (χ3v) is 6.31. The van der Waals surface area contributed by atoms with Gasteiger partial charge < -0.3 is 19.9 Å². The van der Waals surface area contributed by atoms with Gasteiger partial charge in [-0.15, -0.1) is 0 Å². The molecule has 3 heterocycles. The van der Waals surface area contributed by atoms with Crippen LogP contribution in [0.3, 0.4) is 0 Å². The molecule has 1 aromatic carbocycles. The van der Waals surface area contributed by atoms with Crippen molar-refractivity contribution in [2.45, 2.75) is 32.0 Å². The highest BCUT2D eigenvalue weighted by atomic mass is 35.5. The van der Waals surface area contributed by atoms with Gasteiger partial charge in [0.2, 0.25) is 0 Å². The number of ether oxygens (including phenoxy) is 1. The molecule has 1 fully saturated rings. The van der Waals surface area contributed by atoms with Gasteiger partial charge in [-0.1, -0.05) is 35.3 Å². The van der Waals surface area contributed by atoms with E-state index in [4.69, 9.17) is 33.7 Å². The zero-order valence-corrected chi connectivity index (χ0v) is 20.6. The summed E-state index contributed by atoms with van der Waals surface area (Å²) in [5.74, 6) is 0.806. The minimum atomic E-state index is -0.450. The lowest BCUT2D eigenvalue weighted by molar-refractivity contribution is 0.0970. The number of halogens is 2. The normalized spacial score (nSPS) is 15.6. The van der Waals surface area contributed by atoms with Crippen LogP contribution in [0, 0.1) is 11.3 Å². The highest BCUT2D eigenvalue weighted by molar-refractivity contribution is 6.55. The third kappa shape index (κ3) is 5.05. The number of rotatable bonds is 7. The van der Waals surface area contributed by atoms with Crippen LogP contribution in [0.1, 0.15) is 28.8 Å². The number of allylic oxidation sites excluding steroid dienone is 1. The van der Waals surface area contributed by atoms with Crippen molar-refractivity contribution < 1.29 is 9.53 Å². The Balaban J connectivity index is 1.84. The van der Waals surface area contributed by atoms with E-state index in [1.165, 1.54) is 24.1 Å². The number of methoxy groups -OCH3 is 1. The first-order valence-electron chi connectivity index (χ1n) is 11.0. The number of fused-ring (bicyclic) bond motifs is 1. The summed E-state index contributed by atoms with van der Waals surface area (Å²) in [5, 5.41) is 10.0. The number of carbonyl (C=O) groups excluding carboxylic acids is 1. The maximum absolute atomic E-state index is 13.6. The molecule has 1 aliphatic heterocycles. The van der Waals surface area contributed by atoms with Gasteiger partial charge in [0.1, 0.15) is 38.7 Å². The van der Waals surface area contributed by atoms with Gasteiger partial charge in [0.05, 0.1) is 20.0 Å². The summed E-state index contributed by atoms with van der Waals surface area (Å²) in [6.07, 6.45) is 4.56. The van der Waals surface area contributed by atoms with E-state index in [-0.39, 0.29) is 46.0 Å². The Labute approximate surface area is 211 Å². The molecule has 35 heavy (non-hydrogen) atoms. The molecule has 0 spiro atoms. The smallest absolute Gasteiger partial charge is 0.278 e. The third-order valence-electron chi connectivity index (χ3n) is 6.00. The molecule has 11 heteroatoms. The van der Waals surface area contributed by atoms with Gasteiger partial charge in [-0.3, -0.25) is 14.2 Å². The Kier molecular flexibility index (Phi) is 7.45. The van der Waals surface area contributed by atoms with Crippen molar-refractivity contribution in [3.05, 3.63) is 62.6 Å². The van der Waals surface area contributed by atoms with Crippen LogP contribution in [0.25, 0.3) is 11.0 Å². The molecule has 0 bridgehead atoms. The van der Waals surface area contributed by atoms with Gasteiger partial charge >= 0.3 is 0 Å². The topological polar surface area (TPSA) is 119 Å². The summed E-state index contributed by atoms with van der Waals surface area (Å²) in [5.41, 5.74) is 6.88. The first-order valence-corrected chi connectivity index (χ1v) is 11.8. The van der Waals surface area contributed by atoms with Crippen LogP contribution < -0.4 is 20.9 Å². The molecule has 182 valence electrons. The lowest BCUT2D eigenvalue weighted by atomic mass is 10.1. The molecule has 3 aromatic rings. The van der Waals surface area contributed by atoms with Gasteiger partial charge in [-0.05, 0) is 31.1 Å². The quantitative estimate of drug-likeness (QED) is 0.480. The second-order valence-corrected chi connectivity index (χ2v) is 9.30. The number of anilines is 1. The van der Waals surface area contributed by atoms with E-state index < -0.39 is 5.56 Å². The van der Waals surface area contributed by atoms with Crippen molar-refractivity contribution in [2.24, 2.45) is 5.73 Å². The van der Waals surface area contributed by atoms with Crippen molar-refractivity contribution in [1.29, 1.82) is 5.26 Å². The number of carbonyl (C=O) groups is 1. The molecule has 0 amide bonds. The van der Waals surface area contributed by atoms with E-state index in [0.717, 1.165) is 12.8 Å². The summed E-state index contributed by atoms with van der Waals surface area (Å²) >= 11 is 11.7. The number of nitrogens with two attached hydrogens (primary N) is 1. The molecule has 1 aliphatic rings. The number of nitriles is 1. The van der Waals surface area contributed by atoms with Gasteiger partial charge in [0.25, 0.3) is 5.56 Å². The van der Waals surface area contributed by atoms with E-state index in [1.807, 2.05) is 4.90 Å². The highest BCUT2D eigenvalue weighted by Crippen LogP contribution is 2.32. The Morgan fingerprint density at radius 1 is 1.40 bits per heavy atom. The number of hydrogen-bond donors (Lipinski definition) is 1. The Morgan fingerprint density at radius 2 is 2.20 bits per heavy atom. The van der Waals surface area contributed by atoms with E-state index in [2.05, 4.69) is 11.1 Å². The highest BCUT2D eigenvalue weighted by Gasteiger charge is 2.28. The lowest BCUT2D eigenvalue weighted by Crippen LogP contribution is -2.44. The summed E-state index contributed by atoms with van der Waals surface area (Å²) in [6.45, 7) is 1.13. The molecule has 0 saturated carbocycles. The molecule has 1 atom stereocenters. The van der Waals surface area contributed by atoms with Gasteiger partial charge in [0, 0.05) is 31.2 Å². The Bertz CT molecular complexity index is 1400. The second-order valence-electron chi connectivity index (χ2n) is 8.29. The van der Waals surface area contributed by atoms with Gasteiger partial charge in [-0.25, -0.2) is 4.98 Å². The van der Waals surface area contributed by atoms with Crippen molar-refractivity contribution in [3.8, 4) is 11.8 Å². The Hall–Kier alpha value is -3.32. The molecule has 0 aliphatic carbocycles. The van der Waals surface area contributed by atoms with Gasteiger partial charge in [-0.2, -0.15) is 5.26 Å². The predicted octanol–water partition coefficient (Wildman–Crippen LogP) is 3.21. The average molecular weight is 515 g/mol. The van der Waals surface area contributed by atoms with E-state index in [0.29, 0.717) is 30.2 Å². The molecule has 2 aromatic heterocycles. The number of ketones is 1. The maximum Gasteiger partial charge on any atom is 0.278 e. The van der Waals surface area contributed by atoms with Crippen molar-refractivity contribution >= 4 is 45.8 Å².